The van der Waals surface area contributed by atoms with Crippen molar-refractivity contribution in [3.05, 3.63) is 24.3 Å². The summed E-state index contributed by atoms with van der Waals surface area (Å²) in [4.78, 5) is 0. The zero-order valence-electron chi connectivity index (χ0n) is 9.81. The molecule has 0 spiro atoms. The van der Waals surface area contributed by atoms with Crippen molar-refractivity contribution < 1.29 is 10.2 Å². The lowest BCUT2D eigenvalue weighted by Crippen LogP contribution is -1.96. The molecule has 2 aromatic carbocycles. The fraction of sp³-hybridized carbons (Fsp3) is 0.0769. The Balaban J connectivity index is 2.73. The number of phenolic OH excluding ortho intramolecular Hbond substituents is 2. The number of anilines is 2. The molecule has 0 amide bonds. The van der Waals surface area contributed by atoms with Gasteiger partial charge in [-0.05, 0) is 6.07 Å². The molecule has 1 aromatic heterocycles. The Bertz CT molecular complexity index is 790. The topological polar surface area (TPSA) is 97.4 Å². The van der Waals surface area contributed by atoms with Gasteiger partial charge in [0.15, 0.2) is 11.5 Å². The van der Waals surface area contributed by atoms with Crippen molar-refractivity contribution in [3.8, 4) is 11.5 Å². The second kappa shape index (κ2) is 3.22. The summed E-state index contributed by atoms with van der Waals surface area (Å²) in [6.45, 7) is 0. The Morgan fingerprint density at radius 2 is 1.67 bits per heavy atom. The fourth-order valence-electron chi connectivity index (χ4n) is 2.45. The molecule has 0 unspecified atom stereocenters. The first-order chi connectivity index (χ1) is 8.54. The van der Waals surface area contributed by atoms with Crippen molar-refractivity contribution in [3.63, 3.8) is 0 Å². The van der Waals surface area contributed by atoms with E-state index >= 15 is 0 Å². The first kappa shape index (κ1) is 10.6. The number of aryl methyl sites for hydroxylation is 1. The number of para-hydroxylation sites is 1. The van der Waals surface area contributed by atoms with Gasteiger partial charge in [0, 0.05) is 23.3 Å². The standard InChI is InChI=1S/C13H13N3O2/c1-16-7-5-3-2-4-6(7)8-9(14)12(17)10(15)13(18)11(8)16/h2-5,17-18H,14-15H2,1H3. The predicted octanol–water partition coefficient (Wildman–Crippen LogP) is 1.91. The molecule has 5 heteroatoms. The fourth-order valence-corrected chi connectivity index (χ4v) is 2.45. The normalized spacial score (nSPS) is 11.4. The number of hydrogen-bond donors (Lipinski definition) is 4. The van der Waals surface area contributed by atoms with E-state index in [9.17, 15) is 10.2 Å². The van der Waals surface area contributed by atoms with Crippen LogP contribution >= 0.6 is 0 Å². The molecule has 0 atom stereocenters. The molecule has 3 aromatic rings. The first-order valence-corrected chi connectivity index (χ1v) is 5.50. The molecule has 6 N–H and O–H groups in total. The van der Waals surface area contributed by atoms with E-state index in [-0.39, 0.29) is 22.9 Å². The second-order valence-electron chi connectivity index (χ2n) is 4.32. The van der Waals surface area contributed by atoms with Crippen LogP contribution in [-0.4, -0.2) is 14.8 Å². The smallest absolute Gasteiger partial charge is 0.167 e. The Labute approximate surface area is 103 Å². The maximum atomic E-state index is 10.1. The van der Waals surface area contributed by atoms with Crippen LogP contribution in [-0.2, 0) is 7.05 Å². The Hall–Kier alpha value is -2.56. The van der Waals surface area contributed by atoms with E-state index in [4.69, 9.17) is 11.5 Å². The SMILES string of the molecule is Cn1c2ccccc2c2c(N)c(O)c(N)c(O)c21. The van der Waals surface area contributed by atoms with Gasteiger partial charge in [-0.2, -0.15) is 0 Å². The lowest BCUT2D eigenvalue weighted by Gasteiger charge is -2.09. The summed E-state index contributed by atoms with van der Waals surface area (Å²) in [7, 11) is 1.82. The molecule has 0 fully saturated rings. The summed E-state index contributed by atoms with van der Waals surface area (Å²) in [5, 5.41) is 21.4. The summed E-state index contributed by atoms with van der Waals surface area (Å²) < 4.78 is 1.81. The molecular formula is C13H13N3O2. The van der Waals surface area contributed by atoms with Crippen LogP contribution < -0.4 is 11.5 Å². The Morgan fingerprint density at radius 1 is 1.00 bits per heavy atom. The van der Waals surface area contributed by atoms with E-state index in [2.05, 4.69) is 0 Å². The second-order valence-corrected chi connectivity index (χ2v) is 4.32. The van der Waals surface area contributed by atoms with Gasteiger partial charge < -0.3 is 26.2 Å². The maximum absolute atomic E-state index is 10.1. The molecule has 92 valence electrons. The van der Waals surface area contributed by atoms with Gasteiger partial charge in [0.25, 0.3) is 0 Å². The zero-order valence-corrected chi connectivity index (χ0v) is 9.81. The van der Waals surface area contributed by atoms with Gasteiger partial charge in [-0.3, -0.25) is 0 Å². The van der Waals surface area contributed by atoms with E-state index in [1.54, 1.807) is 0 Å². The number of benzene rings is 2. The van der Waals surface area contributed by atoms with Crippen LogP contribution in [0.5, 0.6) is 11.5 Å². The van der Waals surface area contributed by atoms with Gasteiger partial charge in [0.05, 0.1) is 11.2 Å². The van der Waals surface area contributed by atoms with E-state index in [0.717, 1.165) is 10.9 Å². The Kier molecular flexibility index (Phi) is 1.90. The molecule has 0 aliphatic rings. The van der Waals surface area contributed by atoms with Crippen molar-refractivity contribution in [1.29, 1.82) is 0 Å². The van der Waals surface area contributed by atoms with Gasteiger partial charge >= 0.3 is 0 Å². The summed E-state index contributed by atoms with van der Waals surface area (Å²) in [5.74, 6) is -0.410. The van der Waals surface area contributed by atoms with Gasteiger partial charge in [0.1, 0.15) is 5.69 Å². The van der Waals surface area contributed by atoms with Crippen LogP contribution in [0.3, 0.4) is 0 Å². The molecule has 3 rings (SSSR count). The van der Waals surface area contributed by atoms with Crippen molar-refractivity contribution >= 4 is 33.2 Å². The highest BCUT2D eigenvalue weighted by Crippen LogP contribution is 2.46. The van der Waals surface area contributed by atoms with E-state index in [0.29, 0.717) is 10.9 Å². The number of aromatic hydroxyl groups is 2. The van der Waals surface area contributed by atoms with Gasteiger partial charge in [-0.15, -0.1) is 0 Å². The molecule has 0 aliphatic heterocycles. The van der Waals surface area contributed by atoms with Crippen LogP contribution in [0.1, 0.15) is 0 Å². The molecule has 0 bridgehead atoms. The molecule has 0 radical (unpaired) electrons. The van der Waals surface area contributed by atoms with Crippen molar-refractivity contribution in [2.45, 2.75) is 0 Å². The highest BCUT2D eigenvalue weighted by molar-refractivity contribution is 6.18. The maximum Gasteiger partial charge on any atom is 0.167 e. The molecule has 0 aliphatic carbocycles. The minimum absolute atomic E-state index is 0.0918. The lowest BCUT2D eigenvalue weighted by atomic mass is 10.1. The van der Waals surface area contributed by atoms with E-state index in [1.807, 2.05) is 35.9 Å². The third kappa shape index (κ3) is 1.05. The minimum atomic E-state index is -0.267. The van der Waals surface area contributed by atoms with Gasteiger partial charge in [0.2, 0.25) is 0 Å². The zero-order chi connectivity index (χ0) is 13.0. The summed E-state index contributed by atoms with van der Waals surface area (Å²) in [6.07, 6.45) is 0. The number of fused-ring (bicyclic) bond motifs is 3. The molecular weight excluding hydrogens is 230 g/mol. The number of aromatic nitrogens is 1. The van der Waals surface area contributed by atoms with E-state index < -0.39 is 0 Å². The molecule has 5 nitrogen and oxygen atoms in total. The third-order valence-electron chi connectivity index (χ3n) is 3.37. The average molecular weight is 243 g/mol. The van der Waals surface area contributed by atoms with Crippen molar-refractivity contribution in [2.24, 2.45) is 7.05 Å². The van der Waals surface area contributed by atoms with Crippen LogP contribution in [0.2, 0.25) is 0 Å². The predicted molar refractivity (Wildman–Crippen MR) is 72.6 cm³/mol. The van der Waals surface area contributed by atoms with Crippen molar-refractivity contribution in [2.75, 3.05) is 11.5 Å². The molecule has 0 saturated carbocycles. The van der Waals surface area contributed by atoms with Crippen LogP contribution in [0.15, 0.2) is 24.3 Å². The largest absolute Gasteiger partial charge is 0.504 e. The molecule has 0 saturated heterocycles. The van der Waals surface area contributed by atoms with Crippen LogP contribution in [0.25, 0.3) is 21.8 Å². The van der Waals surface area contributed by atoms with Gasteiger partial charge in [-0.25, -0.2) is 0 Å². The molecule has 18 heavy (non-hydrogen) atoms. The van der Waals surface area contributed by atoms with Crippen LogP contribution in [0.4, 0.5) is 11.4 Å². The van der Waals surface area contributed by atoms with Gasteiger partial charge in [-0.1, -0.05) is 18.2 Å². The first-order valence-electron chi connectivity index (χ1n) is 5.50. The number of phenols is 2. The number of nitrogen functional groups attached to an aromatic ring is 2. The average Bonchev–Trinajstić information content (AvgIpc) is 2.68. The third-order valence-corrected chi connectivity index (χ3v) is 3.37. The minimum Gasteiger partial charge on any atom is -0.504 e. The summed E-state index contributed by atoms with van der Waals surface area (Å²) in [5.41, 5.74) is 13.1. The van der Waals surface area contributed by atoms with Crippen LogP contribution in [0, 0.1) is 0 Å². The van der Waals surface area contributed by atoms with E-state index in [1.165, 1.54) is 0 Å². The summed E-state index contributed by atoms with van der Waals surface area (Å²) >= 11 is 0. The highest BCUT2D eigenvalue weighted by Gasteiger charge is 2.20. The number of rotatable bonds is 0. The quantitative estimate of drug-likeness (QED) is 0.275. The summed E-state index contributed by atoms with van der Waals surface area (Å²) in [6, 6.07) is 7.59. The number of nitrogens with zero attached hydrogens (tertiary/aromatic N) is 1. The lowest BCUT2D eigenvalue weighted by molar-refractivity contribution is 0.460. The Morgan fingerprint density at radius 3 is 2.39 bits per heavy atom. The number of nitrogens with two attached hydrogens (primary N) is 2. The molecule has 1 heterocycles. The monoisotopic (exact) mass is 243 g/mol. The highest BCUT2D eigenvalue weighted by atomic mass is 16.3. The number of hydrogen-bond acceptors (Lipinski definition) is 4. The van der Waals surface area contributed by atoms with Crippen molar-refractivity contribution in [1.82, 2.24) is 4.57 Å².